The first-order chi connectivity index (χ1) is 14.2. The molecule has 0 spiro atoms. The lowest BCUT2D eigenvalue weighted by Crippen LogP contribution is -2.30. The van der Waals surface area contributed by atoms with Gasteiger partial charge in [-0.2, -0.15) is 0 Å². The average Bonchev–Trinajstić information content (AvgIpc) is 3.15. The van der Waals surface area contributed by atoms with E-state index < -0.39 is 0 Å². The van der Waals surface area contributed by atoms with Crippen LogP contribution < -0.4 is 14.8 Å². The van der Waals surface area contributed by atoms with Gasteiger partial charge in [0.1, 0.15) is 18.1 Å². The Morgan fingerprint density at radius 2 is 1.93 bits per heavy atom. The van der Waals surface area contributed by atoms with Gasteiger partial charge in [0.05, 0.1) is 13.2 Å². The van der Waals surface area contributed by atoms with Gasteiger partial charge in [-0.3, -0.25) is 0 Å². The van der Waals surface area contributed by atoms with E-state index in [-0.39, 0.29) is 6.04 Å². The van der Waals surface area contributed by atoms with Crippen molar-refractivity contribution >= 4 is 10.9 Å². The maximum absolute atomic E-state index is 6.05. The summed E-state index contributed by atoms with van der Waals surface area (Å²) in [6.07, 6.45) is 1.01. The van der Waals surface area contributed by atoms with Crippen LogP contribution in [0.2, 0.25) is 0 Å². The largest absolute Gasteiger partial charge is 0.497 e. The summed E-state index contributed by atoms with van der Waals surface area (Å²) in [5, 5.41) is 4.94. The summed E-state index contributed by atoms with van der Waals surface area (Å²) < 4.78 is 11.5. The maximum atomic E-state index is 6.05. The van der Waals surface area contributed by atoms with Crippen LogP contribution in [0, 0.1) is 0 Å². The fourth-order valence-electron chi connectivity index (χ4n) is 4.23. The van der Waals surface area contributed by atoms with Gasteiger partial charge >= 0.3 is 0 Å². The molecule has 0 bridgehead atoms. The first-order valence-corrected chi connectivity index (χ1v) is 10.6. The summed E-state index contributed by atoms with van der Waals surface area (Å²) in [5.41, 5.74) is 5.02. The molecule has 5 nitrogen and oxygen atoms in total. The minimum atomic E-state index is 0.142. The number of ether oxygens (including phenoxy) is 2. The van der Waals surface area contributed by atoms with Gasteiger partial charge in [0, 0.05) is 29.7 Å². The van der Waals surface area contributed by atoms with Crippen LogP contribution in [-0.4, -0.2) is 49.8 Å². The van der Waals surface area contributed by atoms with E-state index in [4.69, 9.17) is 9.47 Å². The van der Waals surface area contributed by atoms with E-state index in [1.165, 1.54) is 22.2 Å². The fourth-order valence-corrected chi connectivity index (χ4v) is 4.23. The molecule has 1 aliphatic rings. The smallest absolute Gasteiger partial charge is 0.119 e. The zero-order valence-corrected chi connectivity index (χ0v) is 17.6. The first kappa shape index (κ1) is 19.8. The molecule has 0 amide bonds. The number of aromatic amines is 1. The van der Waals surface area contributed by atoms with Gasteiger partial charge in [0.2, 0.25) is 0 Å². The molecule has 2 N–H and O–H groups in total. The Morgan fingerprint density at radius 1 is 1.07 bits per heavy atom. The molecule has 1 unspecified atom stereocenters. The topological polar surface area (TPSA) is 49.5 Å². The molecule has 1 aliphatic heterocycles. The van der Waals surface area contributed by atoms with E-state index in [1.54, 1.807) is 7.11 Å². The van der Waals surface area contributed by atoms with Crippen LogP contribution in [0.4, 0.5) is 0 Å². The van der Waals surface area contributed by atoms with E-state index in [0.717, 1.165) is 49.6 Å². The van der Waals surface area contributed by atoms with Crippen molar-refractivity contribution in [2.24, 2.45) is 0 Å². The number of rotatable bonds is 8. The number of hydrogen-bond donors (Lipinski definition) is 2. The molecular weight excluding hydrogens is 362 g/mol. The van der Waals surface area contributed by atoms with Crippen LogP contribution in [0.15, 0.2) is 42.5 Å². The van der Waals surface area contributed by atoms with Crippen LogP contribution in [-0.2, 0) is 6.42 Å². The van der Waals surface area contributed by atoms with Crippen LogP contribution in [0.3, 0.4) is 0 Å². The molecule has 2 aromatic carbocycles. The van der Waals surface area contributed by atoms with Crippen molar-refractivity contribution in [1.82, 2.24) is 15.2 Å². The van der Waals surface area contributed by atoms with Crippen LogP contribution in [0.25, 0.3) is 10.9 Å². The molecular formula is C24H31N3O2. The molecule has 1 aromatic heterocycles. The van der Waals surface area contributed by atoms with Gasteiger partial charge in [-0.25, -0.2) is 0 Å². The predicted octanol–water partition coefficient (Wildman–Crippen LogP) is 4.13. The summed E-state index contributed by atoms with van der Waals surface area (Å²) in [7, 11) is 1.72. The molecule has 0 saturated heterocycles. The second-order valence-electron chi connectivity index (χ2n) is 7.51. The number of H-pyrrole nitrogens is 1. The van der Waals surface area contributed by atoms with E-state index in [2.05, 4.69) is 59.4 Å². The van der Waals surface area contributed by atoms with Crippen molar-refractivity contribution in [3.8, 4) is 11.5 Å². The molecule has 0 aliphatic carbocycles. The third-order valence-corrected chi connectivity index (χ3v) is 5.92. The second kappa shape index (κ2) is 8.89. The maximum Gasteiger partial charge on any atom is 0.119 e. The minimum absolute atomic E-state index is 0.142. The lowest BCUT2D eigenvalue weighted by Gasteiger charge is -2.25. The normalized spacial score (nSPS) is 16.2. The van der Waals surface area contributed by atoms with E-state index in [0.29, 0.717) is 6.61 Å². The molecule has 0 radical (unpaired) electrons. The number of methoxy groups -OCH3 is 1. The van der Waals surface area contributed by atoms with Gasteiger partial charge in [0.25, 0.3) is 0 Å². The highest BCUT2D eigenvalue weighted by molar-refractivity contribution is 5.86. The lowest BCUT2D eigenvalue weighted by molar-refractivity contribution is 0.222. The highest BCUT2D eigenvalue weighted by Gasteiger charge is 2.25. The monoisotopic (exact) mass is 393 g/mol. The summed E-state index contributed by atoms with van der Waals surface area (Å²) in [6, 6.07) is 14.9. The second-order valence-corrected chi connectivity index (χ2v) is 7.51. The summed E-state index contributed by atoms with van der Waals surface area (Å²) in [6.45, 7) is 9.10. The number of hydrogen-bond acceptors (Lipinski definition) is 4. The summed E-state index contributed by atoms with van der Waals surface area (Å²) in [5.74, 6) is 1.83. The van der Waals surface area contributed by atoms with Gasteiger partial charge in [-0.05, 0) is 61.0 Å². The third kappa shape index (κ3) is 4.11. The SMILES string of the molecule is CCN(CC)CCOc1cccc(C2NCCc3c2[nH]c2ccc(OC)cc32)c1. The highest BCUT2D eigenvalue weighted by atomic mass is 16.5. The van der Waals surface area contributed by atoms with Crippen molar-refractivity contribution in [2.45, 2.75) is 26.3 Å². The molecule has 1 atom stereocenters. The van der Waals surface area contributed by atoms with Gasteiger partial charge in [-0.15, -0.1) is 0 Å². The molecule has 4 rings (SSSR count). The van der Waals surface area contributed by atoms with Gasteiger partial charge in [0.15, 0.2) is 0 Å². The molecule has 0 saturated carbocycles. The van der Waals surface area contributed by atoms with Crippen molar-refractivity contribution in [3.63, 3.8) is 0 Å². The van der Waals surface area contributed by atoms with E-state index in [1.807, 2.05) is 12.1 Å². The Balaban J connectivity index is 1.57. The third-order valence-electron chi connectivity index (χ3n) is 5.92. The number of benzene rings is 2. The van der Waals surface area contributed by atoms with Crippen LogP contribution >= 0.6 is 0 Å². The molecule has 154 valence electrons. The first-order valence-electron chi connectivity index (χ1n) is 10.6. The van der Waals surface area contributed by atoms with Crippen LogP contribution in [0.5, 0.6) is 11.5 Å². The Kier molecular flexibility index (Phi) is 6.07. The summed E-state index contributed by atoms with van der Waals surface area (Å²) in [4.78, 5) is 6.02. The average molecular weight is 394 g/mol. The fraction of sp³-hybridized carbons (Fsp3) is 0.417. The molecule has 29 heavy (non-hydrogen) atoms. The number of fused-ring (bicyclic) bond motifs is 3. The lowest BCUT2D eigenvalue weighted by atomic mass is 9.94. The predicted molar refractivity (Wildman–Crippen MR) is 118 cm³/mol. The number of aromatic nitrogens is 1. The van der Waals surface area contributed by atoms with Crippen molar-refractivity contribution in [3.05, 3.63) is 59.3 Å². The zero-order chi connectivity index (χ0) is 20.2. The zero-order valence-electron chi connectivity index (χ0n) is 17.6. The molecule has 5 heteroatoms. The molecule has 2 heterocycles. The van der Waals surface area contributed by atoms with E-state index >= 15 is 0 Å². The number of nitrogens with one attached hydrogen (secondary N) is 2. The summed E-state index contributed by atoms with van der Waals surface area (Å²) >= 11 is 0. The van der Waals surface area contributed by atoms with Crippen molar-refractivity contribution in [2.75, 3.05) is 39.9 Å². The highest BCUT2D eigenvalue weighted by Crippen LogP contribution is 2.35. The molecule has 3 aromatic rings. The van der Waals surface area contributed by atoms with Crippen LogP contribution in [0.1, 0.15) is 36.7 Å². The van der Waals surface area contributed by atoms with Gasteiger partial charge < -0.3 is 24.7 Å². The quantitative estimate of drug-likeness (QED) is 0.604. The van der Waals surface area contributed by atoms with Crippen molar-refractivity contribution < 1.29 is 9.47 Å². The van der Waals surface area contributed by atoms with Gasteiger partial charge in [-0.1, -0.05) is 26.0 Å². The Bertz CT molecular complexity index is 962. The molecule has 0 fully saturated rings. The Hall–Kier alpha value is -2.50. The van der Waals surface area contributed by atoms with Crippen molar-refractivity contribution in [1.29, 1.82) is 0 Å². The standard InChI is InChI=1S/C24H31N3O2/c1-4-27(5-2)13-14-29-19-8-6-7-17(15-19)23-24-20(11-12-25-23)21-16-18(28-3)9-10-22(21)26-24/h6-10,15-16,23,25-26H,4-5,11-14H2,1-3H3. The Morgan fingerprint density at radius 3 is 2.72 bits per heavy atom. The number of likely N-dealkylation sites (N-methyl/N-ethyl adjacent to an activating group) is 1. The minimum Gasteiger partial charge on any atom is -0.497 e. The van der Waals surface area contributed by atoms with E-state index in [9.17, 15) is 0 Å². The Labute approximate surface area is 173 Å². The number of nitrogens with zero attached hydrogens (tertiary/aromatic N) is 1.